The van der Waals surface area contributed by atoms with Crippen LogP contribution in [0.15, 0.2) is 24.3 Å². The van der Waals surface area contributed by atoms with Gasteiger partial charge in [-0.05, 0) is 17.0 Å². The largest absolute Gasteiger partial charge is 0.472 e. The van der Waals surface area contributed by atoms with Crippen LogP contribution in [0.2, 0.25) is 0 Å². The van der Waals surface area contributed by atoms with Gasteiger partial charge in [-0.15, -0.1) is 0 Å². The van der Waals surface area contributed by atoms with Gasteiger partial charge in [0.2, 0.25) is 5.44 Å². The summed E-state index contributed by atoms with van der Waals surface area (Å²) >= 11 is 0. The van der Waals surface area contributed by atoms with Crippen molar-refractivity contribution in [1.29, 1.82) is 0 Å². The Kier molecular flexibility index (Phi) is 2.47. The topological polar surface area (TPSA) is 63.6 Å². The van der Waals surface area contributed by atoms with Crippen LogP contribution in [-0.2, 0) is 15.5 Å². The molecular formula is C11H14O4S. The summed E-state index contributed by atoms with van der Waals surface area (Å²) in [7, 11) is -4.16. The van der Waals surface area contributed by atoms with Crippen molar-refractivity contribution in [2.75, 3.05) is 0 Å². The van der Waals surface area contributed by atoms with Gasteiger partial charge in [-0.1, -0.05) is 32.0 Å². The SMILES string of the molecule is CC1(C)CC(S(=O)(=O)O)Oc2ccccc21. The zero-order valence-electron chi connectivity index (χ0n) is 9.17. The molecule has 5 heteroatoms. The smallest absolute Gasteiger partial charge is 0.303 e. The highest BCUT2D eigenvalue weighted by atomic mass is 32.2. The van der Waals surface area contributed by atoms with Crippen molar-refractivity contribution >= 4 is 10.1 Å². The van der Waals surface area contributed by atoms with E-state index in [1.807, 2.05) is 26.0 Å². The standard InChI is InChI=1S/C11H14O4S/c1-11(2)7-10(16(12,13)14)15-9-6-4-3-5-8(9)11/h3-6,10H,7H2,1-2H3,(H,12,13,14). The third-order valence-corrected chi connectivity index (χ3v) is 3.81. The van der Waals surface area contributed by atoms with E-state index in [2.05, 4.69) is 0 Å². The molecule has 0 saturated heterocycles. The molecule has 16 heavy (non-hydrogen) atoms. The summed E-state index contributed by atoms with van der Waals surface area (Å²) in [6.45, 7) is 3.87. The van der Waals surface area contributed by atoms with Crippen LogP contribution >= 0.6 is 0 Å². The molecular weight excluding hydrogens is 228 g/mol. The lowest BCUT2D eigenvalue weighted by atomic mass is 9.80. The van der Waals surface area contributed by atoms with E-state index in [4.69, 9.17) is 9.29 Å². The Bertz CT molecular complexity index is 504. The van der Waals surface area contributed by atoms with Crippen molar-refractivity contribution in [3.8, 4) is 5.75 Å². The lowest BCUT2D eigenvalue weighted by molar-refractivity contribution is 0.185. The molecule has 0 aromatic heterocycles. The summed E-state index contributed by atoms with van der Waals surface area (Å²) in [5.41, 5.74) is -0.526. The van der Waals surface area contributed by atoms with E-state index in [0.29, 0.717) is 5.75 Å². The lowest BCUT2D eigenvalue weighted by Gasteiger charge is -2.35. The molecule has 1 unspecified atom stereocenters. The van der Waals surface area contributed by atoms with Crippen LogP contribution in [-0.4, -0.2) is 18.4 Å². The fraction of sp³-hybridized carbons (Fsp3) is 0.455. The molecule has 0 radical (unpaired) electrons. The monoisotopic (exact) mass is 242 g/mol. The minimum atomic E-state index is -4.16. The number of benzene rings is 1. The van der Waals surface area contributed by atoms with E-state index in [0.717, 1.165) is 5.56 Å². The van der Waals surface area contributed by atoms with E-state index in [1.165, 1.54) is 0 Å². The molecule has 1 N–H and O–H groups in total. The Balaban J connectivity index is 2.49. The number of hydrogen-bond donors (Lipinski definition) is 1. The summed E-state index contributed by atoms with van der Waals surface area (Å²) in [6.07, 6.45) is 0.253. The minimum Gasteiger partial charge on any atom is -0.472 e. The molecule has 1 aliphatic rings. The molecule has 1 aliphatic heterocycles. The van der Waals surface area contributed by atoms with Crippen molar-refractivity contribution in [3.63, 3.8) is 0 Å². The van der Waals surface area contributed by atoms with Crippen LogP contribution in [0.4, 0.5) is 0 Å². The average Bonchev–Trinajstić information content (AvgIpc) is 2.15. The zero-order valence-corrected chi connectivity index (χ0v) is 9.99. The van der Waals surface area contributed by atoms with Gasteiger partial charge in [-0.2, -0.15) is 8.42 Å². The maximum atomic E-state index is 11.1. The minimum absolute atomic E-state index is 0.253. The van der Waals surface area contributed by atoms with E-state index >= 15 is 0 Å². The van der Waals surface area contributed by atoms with Crippen molar-refractivity contribution < 1.29 is 17.7 Å². The molecule has 1 aromatic rings. The summed E-state index contributed by atoms with van der Waals surface area (Å²) in [4.78, 5) is 0. The van der Waals surface area contributed by atoms with Crippen molar-refractivity contribution in [1.82, 2.24) is 0 Å². The first-order valence-electron chi connectivity index (χ1n) is 5.03. The van der Waals surface area contributed by atoms with Gasteiger partial charge in [-0.25, -0.2) is 0 Å². The number of para-hydroxylation sites is 1. The molecule has 2 rings (SSSR count). The molecule has 0 spiro atoms. The van der Waals surface area contributed by atoms with Gasteiger partial charge in [0.1, 0.15) is 5.75 Å². The van der Waals surface area contributed by atoms with Crippen LogP contribution in [0.5, 0.6) is 5.75 Å². The molecule has 0 aliphatic carbocycles. The van der Waals surface area contributed by atoms with E-state index in [9.17, 15) is 8.42 Å². The van der Waals surface area contributed by atoms with Crippen molar-refractivity contribution in [2.45, 2.75) is 31.1 Å². The van der Waals surface area contributed by atoms with Crippen LogP contribution in [0, 0.1) is 0 Å². The normalized spacial score (nSPS) is 23.3. The van der Waals surface area contributed by atoms with E-state index in [-0.39, 0.29) is 11.8 Å². The Morgan fingerprint density at radius 3 is 2.62 bits per heavy atom. The molecule has 0 saturated carbocycles. The number of ether oxygens (including phenoxy) is 1. The summed E-state index contributed by atoms with van der Waals surface area (Å²) < 4.78 is 36.6. The molecule has 0 amide bonds. The van der Waals surface area contributed by atoms with E-state index < -0.39 is 15.6 Å². The van der Waals surface area contributed by atoms with Gasteiger partial charge in [0.05, 0.1) is 0 Å². The van der Waals surface area contributed by atoms with Gasteiger partial charge in [0.25, 0.3) is 0 Å². The second-order valence-electron chi connectivity index (χ2n) is 4.65. The third kappa shape index (κ3) is 1.92. The van der Waals surface area contributed by atoms with Crippen LogP contribution < -0.4 is 4.74 Å². The highest BCUT2D eigenvalue weighted by Gasteiger charge is 2.39. The summed E-state index contributed by atoms with van der Waals surface area (Å²) in [6, 6.07) is 7.29. The van der Waals surface area contributed by atoms with Gasteiger partial charge in [-0.3, -0.25) is 4.55 Å². The average molecular weight is 242 g/mol. The maximum Gasteiger partial charge on any atom is 0.303 e. The summed E-state index contributed by atoms with van der Waals surface area (Å²) in [5.74, 6) is 0.529. The van der Waals surface area contributed by atoms with Crippen molar-refractivity contribution in [3.05, 3.63) is 29.8 Å². The molecule has 4 nitrogen and oxygen atoms in total. The molecule has 88 valence electrons. The fourth-order valence-electron chi connectivity index (χ4n) is 2.00. The first kappa shape index (κ1) is 11.4. The quantitative estimate of drug-likeness (QED) is 0.765. The Labute approximate surface area is 95.0 Å². The predicted octanol–water partition coefficient (Wildman–Crippen LogP) is 1.96. The first-order valence-corrected chi connectivity index (χ1v) is 6.53. The molecule has 0 fully saturated rings. The highest BCUT2D eigenvalue weighted by molar-refractivity contribution is 7.86. The second-order valence-corrected chi connectivity index (χ2v) is 6.20. The van der Waals surface area contributed by atoms with Gasteiger partial charge >= 0.3 is 10.1 Å². The Morgan fingerprint density at radius 2 is 2.00 bits per heavy atom. The Hall–Kier alpha value is -1.07. The van der Waals surface area contributed by atoms with E-state index in [1.54, 1.807) is 12.1 Å². The molecule has 1 aromatic carbocycles. The predicted molar refractivity (Wildman–Crippen MR) is 60.0 cm³/mol. The number of fused-ring (bicyclic) bond motifs is 1. The van der Waals surface area contributed by atoms with Crippen LogP contribution in [0.3, 0.4) is 0 Å². The lowest BCUT2D eigenvalue weighted by Crippen LogP contribution is -2.38. The molecule has 0 bridgehead atoms. The third-order valence-electron chi connectivity index (χ3n) is 2.88. The van der Waals surface area contributed by atoms with Crippen molar-refractivity contribution in [2.24, 2.45) is 0 Å². The van der Waals surface area contributed by atoms with Crippen LogP contribution in [0.25, 0.3) is 0 Å². The Morgan fingerprint density at radius 1 is 1.38 bits per heavy atom. The number of hydrogen-bond acceptors (Lipinski definition) is 3. The molecule has 1 heterocycles. The van der Waals surface area contributed by atoms with Gasteiger partial charge in [0.15, 0.2) is 0 Å². The van der Waals surface area contributed by atoms with Gasteiger partial charge in [0, 0.05) is 6.42 Å². The van der Waals surface area contributed by atoms with Gasteiger partial charge < -0.3 is 4.74 Å². The van der Waals surface area contributed by atoms with Crippen LogP contribution in [0.1, 0.15) is 25.8 Å². The molecule has 1 atom stereocenters. The highest BCUT2D eigenvalue weighted by Crippen LogP contribution is 2.41. The maximum absolute atomic E-state index is 11.1. The summed E-state index contributed by atoms with van der Waals surface area (Å²) in [5, 5.41) is 0. The fourth-order valence-corrected chi connectivity index (χ4v) is 2.86. The first-order chi connectivity index (χ1) is 7.31. The second kappa shape index (κ2) is 3.46. The zero-order chi connectivity index (χ0) is 12.0. The number of rotatable bonds is 1.